The van der Waals surface area contributed by atoms with E-state index in [0.29, 0.717) is 23.3 Å². The van der Waals surface area contributed by atoms with Gasteiger partial charge in [-0.2, -0.15) is 0 Å². The molecule has 0 bridgehead atoms. The molecule has 7 heteroatoms. The number of benzene rings is 1. The predicted molar refractivity (Wildman–Crippen MR) is 142 cm³/mol. The highest BCUT2D eigenvalue weighted by Crippen LogP contribution is 2.49. The fourth-order valence-corrected chi connectivity index (χ4v) is 5.16. The molecule has 1 aromatic carbocycles. The number of rotatable bonds is 2. The number of phenols is 2. The van der Waals surface area contributed by atoms with Crippen LogP contribution in [0.5, 0.6) is 11.5 Å². The lowest BCUT2D eigenvalue weighted by atomic mass is 9.84. The number of hydrogen-bond acceptors (Lipinski definition) is 7. The van der Waals surface area contributed by atoms with Gasteiger partial charge in [0.1, 0.15) is 40.4 Å². The van der Waals surface area contributed by atoms with Crippen molar-refractivity contribution in [1.29, 1.82) is 0 Å². The zero-order valence-corrected chi connectivity index (χ0v) is 22.2. The van der Waals surface area contributed by atoms with Crippen LogP contribution in [-0.4, -0.2) is 34.0 Å². The van der Waals surface area contributed by atoms with E-state index in [0.717, 1.165) is 31.3 Å². The van der Waals surface area contributed by atoms with E-state index in [-0.39, 0.29) is 57.6 Å². The number of aryl methyl sites for hydroxylation is 1. The molecule has 0 spiro atoms. The molecule has 37 heavy (non-hydrogen) atoms. The fraction of sp³-hybridized carbons (Fsp3) is 0.467. The average Bonchev–Trinajstić information content (AvgIpc) is 3.39. The minimum absolute atomic E-state index is 0.0671. The molecule has 5 rings (SSSR count). The number of epoxide rings is 1. The molecule has 2 N–H and O–H groups in total. The summed E-state index contributed by atoms with van der Waals surface area (Å²) < 4.78 is 16.7. The molecule has 2 saturated heterocycles. The Morgan fingerprint density at radius 3 is 2.65 bits per heavy atom. The Morgan fingerprint density at radius 2 is 1.95 bits per heavy atom. The van der Waals surface area contributed by atoms with Crippen LogP contribution < -0.4 is 5.43 Å². The zero-order valence-electron chi connectivity index (χ0n) is 22.2. The third-order valence-corrected chi connectivity index (χ3v) is 7.48. The molecule has 0 amide bonds. The van der Waals surface area contributed by atoms with Gasteiger partial charge in [-0.3, -0.25) is 4.79 Å². The van der Waals surface area contributed by atoms with Gasteiger partial charge in [-0.25, -0.2) is 4.79 Å². The van der Waals surface area contributed by atoms with Crippen LogP contribution in [0.2, 0.25) is 0 Å². The Hall–Kier alpha value is -3.32. The molecule has 0 saturated carbocycles. The van der Waals surface area contributed by atoms with Crippen LogP contribution in [0, 0.1) is 12.8 Å². The topological polar surface area (TPSA) is 110 Å². The largest absolute Gasteiger partial charge is 0.507 e. The molecular weight excluding hydrogens is 472 g/mol. The summed E-state index contributed by atoms with van der Waals surface area (Å²) in [6.07, 6.45) is 8.49. The number of carbonyl (C=O) groups is 1. The smallest absolute Gasteiger partial charge is 0.334 e. The van der Waals surface area contributed by atoms with Crippen molar-refractivity contribution >= 4 is 16.9 Å². The van der Waals surface area contributed by atoms with Crippen molar-refractivity contribution in [2.45, 2.75) is 84.5 Å². The SMILES string of the molecule is C=C1C(=O)OC2C1CCC(C)=CCCC1(C)OC21.CC(C)=CCc1c(O)cc2oc(C)cc(=O)c2c1O. The van der Waals surface area contributed by atoms with Crippen LogP contribution >= 0.6 is 0 Å². The summed E-state index contributed by atoms with van der Waals surface area (Å²) in [6, 6.07) is 2.70. The van der Waals surface area contributed by atoms with E-state index in [2.05, 4.69) is 26.5 Å². The maximum Gasteiger partial charge on any atom is 0.334 e. The lowest BCUT2D eigenvalue weighted by Gasteiger charge is -2.19. The molecule has 2 fully saturated rings. The molecule has 4 atom stereocenters. The van der Waals surface area contributed by atoms with E-state index in [1.165, 1.54) is 17.7 Å². The maximum atomic E-state index is 11.9. The summed E-state index contributed by atoms with van der Waals surface area (Å²) >= 11 is 0. The first-order valence-corrected chi connectivity index (χ1v) is 12.8. The Labute approximate surface area is 217 Å². The van der Waals surface area contributed by atoms with Crippen molar-refractivity contribution in [3.05, 3.63) is 69.1 Å². The van der Waals surface area contributed by atoms with Gasteiger partial charge in [0, 0.05) is 29.2 Å². The van der Waals surface area contributed by atoms with Crippen molar-refractivity contribution in [1.82, 2.24) is 0 Å². The molecular formula is C30H36O7. The van der Waals surface area contributed by atoms with E-state index < -0.39 is 0 Å². The second kappa shape index (κ2) is 10.2. The Bertz CT molecular complexity index is 1360. The van der Waals surface area contributed by atoms with Gasteiger partial charge in [0.15, 0.2) is 5.43 Å². The van der Waals surface area contributed by atoms with Gasteiger partial charge in [-0.1, -0.05) is 29.9 Å². The number of fused-ring (bicyclic) bond motifs is 4. The van der Waals surface area contributed by atoms with E-state index in [9.17, 15) is 19.8 Å². The van der Waals surface area contributed by atoms with Crippen LogP contribution in [0.25, 0.3) is 11.0 Å². The summed E-state index contributed by atoms with van der Waals surface area (Å²) in [6.45, 7) is 13.7. The number of phenolic OH excluding ortho intramolecular Hbond substituents is 2. The number of esters is 1. The van der Waals surface area contributed by atoms with Crippen molar-refractivity contribution in [3.63, 3.8) is 0 Å². The van der Waals surface area contributed by atoms with E-state index in [1.807, 2.05) is 19.9 Å². The minimum Gasteiger partial charge on any atom is -0.507 e. The number of hydrogen-bond donors (Lipinski definition) is 2. The summed E-state index contributed by atoms with van der Waals surface area (Å²) in [5.41, 5.74) is 3.20. The number of aromatic hydroxyl groups is 2. The summed E-state index contributed by atoms with van der Waals surface area (Å²) in [4.78, 5) is 23.6. The second-order valence-electron chi connectivity index (χ2n) is 10.8. The van der Waals surface area contributed by atoms with Gasteiger partial charge in [-0.15, -0.1) is 0 Å². The average molecular weight is 509 g/mol. The fourth-order valence-electron chi connectivity index (χ4n) is 5.16. The normalized spacial score (nSPS) is 26.7. The molecule has 0 radical (unpaired) electrons. The number of allylic oxidation sites excluding steroid dienone is 4. The first kappa shape index (κ1) is 26.7. The zero-order chi connectivity index (χ0) is 27.1. The van der Waals surface area contributed by atoms with Crippen molar-refractivity contribution in [2.24, 2.45) is 5.92 Å². The van der Waals surface area contributed by atoms with E-state index in [1.54, 1.807) is 6.92 Å². The molecule has 2 aromatic rings. The van der Waals surface area contributed by atoms with Crippen LogP contribution in [0.15, 0.2) is 56.8 Å². The first-order chi connectivity index (χ1) is 17.4. The second-order valence-corrected chi connectivity index (χ2v) is 10.8. The highest BCUT2D eigenvalue weighted by molar-refractivity contribution is 5.91. The Balaban J connectivity index is 0.000000173. The van der Waals surface area contributed by atoms with Gasteiger partial charge < -0.3 is 24.1 Å². The molecule has 3 aliphatic rings. The molecule has 3 heterocycles. The monoisotopic (exact) mass is 508 g/mol. The summed E-state index contributed by atoms with van der Waals surface area (Å²) in [7, 11) is 0. The lowest BCUT2D eigenvalue weighted by molar-refractivity contribution is -0.140. The molecule has 1 aliphatic carbocycles. The molecule has 198 valence electrons. The van der Waals surface area contributed by atoms with Gasteiger partial charge in [0.2, 0.25) is 0 Å². The van der Waals surface area contributed by atoms with Crippen molar-refractivity contribution in [3.8, 4) is 11.5 Å². The van der Waals surface area contributed by atoms with E-state index in [4.69, 9.17) is 13.9 Å². The van der Waals surface area contributed by atoms with Crippen LogP contribution in [0.4, 0.5) is 0 Å². The molecule has 4 unspecified atom stereocenters. The maximum absolute atomic E-state index is 11.9. The van der Waals surface area contributed by atoms with Gasteiger partial charge in [0.25, 0.3) is 0 Å². The highest BCUT2D eigenvalue weighted by atomic mass is 16.6. The molecule has 7 nitrogen and oxygen atoms in total. The van der Waals surface area contributed by atoms with E-state index >= 15 is 0 Å². The highest BCUT2D eigenvalue weighted by Gasteiger charge is 2.61. The molecule has 1 aromatic heterocycles. The van der Waals surface area contributed by atoms with Crippen molar-refractivity contribution in [2.75, 3.05) is 0 Å². The third-order valence-electron chi connectivity index (χ3n) is 7.48. The first-order valence-electron chi connectivity index (χ1n) is 12.8. The van der Waals surface area contributed by atoms with Crippen LogP contribution in [0.1, 0.15) is 64.7 Å². The molecule has 2 aliphatic heterocycles. The Kier molecular flexibility index (Phi) is 7.38. The van der Waals surface area contributed by atoms with Crippen molar-refractivity contribution < 1.29 is 28.9 Å². The van der Waals surface area contributed by atoms with Gasteiger partial charge in [-0.05, 0) is 66.7 Å². The standard InChI is InChI=1S/C15H16O4.C15H20O3/c1-8(2)4-5-10-11(16)7-13-14(15(10)18)12(17)6-9(3)19-13;1-9-5-4-8-15(3)13(18-15)12-11(7-6-9)10(2)14(16)17-12/h4,6-7,16,18H,5H2,1-3H3;5,11-13H,2,4,6-8H2,1,3H3. The summed E-state index contributed by atoms with van der Waals surface area (Å²) in [5.74, 6) is 0.0559. The lowest BCUT2D eigenvalue weighted by Crippen LogP contribution is -2.28. The quantitative estimate of drug-likeness (QED) is 0.229. The van der Waals surface area contributed by atoms with Crippen LogP contribution in [0.3, 0.4) is 0 Å². The Morgan fingerprint density at radius 1 is 1.22 bits per heavy atom. The third kappa shape index (κ3) is 5.52. The summed E-state index contributed by atoms with van der Waals surface area (Å²) in [5, 5.41) is 20.2. The van der Waals surface area contributed by atoms with Gasteiger partial charge >= 0.3 is 5.97 Å². The van der Waals surface area contributed by atoms with Gasteiger partial charge in [0.05, 0.1) is 5.60 Å². The predicted octanol–water partition coefficient (Wildman–Crippen LogP) is 5.78. The number of carbonyl (C=O) groups excluding carboxylic acids is 1. The van der Waals surface area contributed by atoms with Crippen LogP contribution in [-0.2, 0) is 20.7 Å². The minimum atomic E-state index is -0.310. The number of ether oxygens (including phenoxy) is 2.